The molecule has 3 heteroatoms. The van der Waals surface area contributed by atoms with Crippen molar-refractivity contribution in [2.45, 2.75) is 31.7 Å². The van der Waals surface area contributed by atoms with Gasteiger partial charge in [0.2, 0.25) is 0 Å². The summed E-state index contributed by atoms with van der Waals surface area (Å²) in [6.45, 7) is 9.30. The molecule has 1 aromatic rings. The van der Waals surface area contributed by atoms with E-state index in [1.165, 1.54) is 39.0 Å². The molecule has 2 N–H and O–H groups in total. The fourth-order valence-corrected chi connectivity index (χ4v) is 3.66. The molecule has 2 saturated heterocycles. The van der Waals surface area contributed by atoms with Crippen molar-refractivity contribution in [2.24, 2.45) is 0 Å². The van der Waals surface area contributed by atoms with E-state index >= 15 is 0 Å². The van der Waals surface area contributed by atoms with Crippen molar-refractivity contribution in [1.82, 2.24) is 15.5 Å². The molecule has 0 aromatic heterocycles. The van der Waals surface area contributed by atoms with Crippen LogP contribution < -0.4 is 10.6 Å². The molecule has 1 atom stereocenters. The first kappa shape index (κ1) is 14.1. The van der Waals surface area contributed by atoms with E-state index < -0.39 is 0 Å². The summed E-state index contributed by atoms with van der Waals surface area (Å²) in [5.41, 5.74) is 3.15. The van der Waals surface area contributed by atoms with Crippen LogP contribution >= 0.6 is 0 Å². The second-order valence-corrected chi connectivity index (χ2v) is 6.12. The van der Waals surface area contributed by atoms with Gasteiger partial charge in [0.1, 0.15) is 0 Å². The number of rotatable bonds is 3. The van der Waals surface area contributed by atoms with E-state index in [0.717, 1.165) is 19.0 Å². The van der Waals surface area contributed by atoms with E-state index in [9.17, 15) is 0 Å². The molecule has 2 heterocycles. The van der Waals surface area contributed by atoms with Gasteiger partial charge in [0.05, 0.1) is 0 Å². The van der Waals surface area contributed by atoms with Gasteiger partial charge in [-0.05, 0) is 49.9 Å². The third-order valence-electron chi connectivity index (χ3n) is 4.92. The number of hydrogen-bond donors (Lipinski definition) is 2. The summed E-state index contributed by atoms with van der Waals surface area (Å²) in [5, 5.41) is 6.93. The van der Waals surface area contributed by atoms with Gasteiger partial charge < -0.3 is 10.6 Å². The van der Waals surface area contributed by atoms with Crippen LogP contribution in [0.15, 0.2) is 24.3 Å². The Kier molecular flexibility index (Phi) is 4.71. The van der Waals surface area contributed by atoms with Crippen molar-refractivity contribution in [3.63, 3.8) is 0 Å². The maximum atomic E-state index is 3.48. The molecule has 0 aliphatic carbocycles. The summed E-state index contributed by atoms with van der Waals surface area (Å²) in [5.74, 6) is 0.748. The second kappa shape index (κ2) is 6.70. The number of piperidine rings is 1. The fourth-order valence-electron chi connectivity index (χ4n) is 3.66. The Hall–Kier alpha value is -0.900. The predicted molar refractivity (Wildman–Crippen MR) is 84.1 cm³/mol. The Balaban J connectivity index is 1.80. The SMILES string of the molecule is CC(c1ccccc1C1CCNCC1)N1CCNCC1. The van der Waals surface area contributed by atoms with Crippen molar-refractivity contribution in [3.05, 3.63) is 35.4 Å². The van der Waals surface area contributed by atoms with Crippen molar-refractivity contribution in [3.8, 4) is 0 Å². The summed E-state index contributed by atoms with van der Waals surface area (Å²) in [6.07, 6.45) is 2.57. The molecule has 0 bridgehead atoms. The van der Waals surface area contributed by atoms with Gasteiger partial charge in [-0.3, -0.25) is 4.90 Å². The molecule has 0 radical (unpaired) electrons. The van der Waals surface area contributed by atoms with Crippen LogP contribution in [0.4, 0.5) is 0 Å². The molecule has 1 aromatic carbocycles. The number of piperazine rings is 1. The van der Waals surface area contributed by atoms with Gasteiger partial charge in [-0.15, -0.1) is 0 Å². The van der Waals surface area contributed by atoms with Crippen LogP contribution in [-0.2, 0) is 0 Å². The highest BCUT2D eigenvalue weighted by Gasteiger charge is 2.24. The average molecular weight is 273 g/mol. The van der Waals surface area contributed by atoms with Gasteiger partial charge in [0.25, 0.3) is 0 Å². The minimum absolute atomic E-state index is 0.545. The molecule has 2 fully saturated rings. The maximum absolute atomic E-state index is 3.48. The maximum Gasteiger partial charge on any atom is 0.0323 e. The van der Waals surface area contributed by atoms with E-state index in [-0.39, 0.29) is 0 Å². The Labute approximate surface area is 122 Å². The Morgan fingerprint density at radius 2 is 1.65 bits per heavy atom. The van der Waals surface area contributed by atoms with E-state index in [1.807, 2.05) is 0 Å². The highest BCUT2D eigenvalue weighted by Crippen LogP contribution is 2.33. The summed E-state index contributed by atoms with van der Waals surface area (Å²) >= 11 is 0. The molecule has 0 amide bonds. The molecule has 0 saturated carbocycles. The monoisotopic (exact) mass is 273 g/mol. The summed E-state index contributed by atoms with van der Waals surface area (Å²) in [4.78, 5) is 2.62. The molecule has 2 aliphatic heterocycles. The van der Waals surface area contributed by atoms with Crippen LogP contribution in [0, 0.1) is 0 Å². The third kappa shape index (κ3) is 3.05. The van der Waals surface area contributed by atoms with E-state index in [4.69, 9.17) is 0 Å². The minimum atomic E-state index is 0.545. The Morgan fingerprint density at radius 1 is 1.00 bits per heavy atom. The minimum Gasteiger partial charge on any atom is -0.317 e. The third-order valence-corrected chi connectivity index (χ3v) is 4.92. The standard InChI is InChI=1S/C17H27N3/c1-14(20-12-10-19-11-13-20)16-4-2-3-5-17(16)15-6-8-18-9-7-15/h2-5,14-15,18-19H,6-13H2,1H3. The lowest BCUT2D eigenvalue weighted by atomic mass is 9.85. The first-order chi connectivity index (χ1) is 9.86. The first-order valence-electron chi connectivity index (χ1n) is 8.10. The molecular weight excluding hydrogens is 246 g/mol. The number of hydrogen-bond acceptors (Lipinski definition) is 3. The van der Waals surface area contributed by atoms with Crippen LogP contribution in [0.5, 0.6) is 0 Å². The van der Waals surface area contributed by atoms with Crippen LogP contribution in [0.25, 0.3) is 0 Å². The molecular formula is C17H27N3. The lowest BCUT2D eigenvalue weighted by Crippen LogP contribution is -2.44. The van der Waals surface area contributed by atoms with Crippen LogP contribution in [0.2, 0.25) is 0 Å². The van der Waals surface area contributed by atoms with Gasteiger partial charge in [-0.2, -0.15) is 0 Å². The van der Waals surface area contributed by atoms with E-state index in [0.29, 0.717) is 6.04 Å². The molecule has 20 heavy (non-hydrogen) atoms. The summed E-state index contributed by atoms with van der Waals surface area (Å²) in [7, 11) is 0. The molecule has 3 nitrogen and oxygen atoms in total. The molecule has 3 rings (SSSR count). The molecule has 2 aliphatic rings. The second-order valence-electron chi connectivity index (χ2n) is 6.12. The van der Waals surface area contributed by atoms with Crippen LogP contribution in [0.3, 0.4) is 0 Å². The van der Waals surface area contributed by atoms with Gasteiger partial charge in [0, 0.05) is 32.2 Å². The van der Waals surface area contributed by atoms with Crippen molar-refractivity contribution in [1.29, 1.82) is 0 Å². The number of nitrogens with one attached hydrogen (secondary N) is 2. The highest BCUT2D eigenvalue weighted by atomic mass is 15.2. The smallest absolute Gasteiger partial charge is 0.0323 e. The van der Waals surface area contributed by atoms with Crippen LogP contribution in [0.1, 0.15) is 42.9 Å². The Bertz CT molecular complexity index is 420. The topological polar surface area (TPSA) is 27.3 Å². The zero-order chi connectivity index (χ0) is 13.8. The zero-order valence-corrected chi connectivity index (χ0v) is 12.6. The number of benzene rings is 1. The largest absolute Gasteiger partial charge is 0.317 e. The lowest BCUT2D eigenvalue weighted by molar-refractivity contribution is 0.184. The van der Waals surface area contributed by atoms with Gasteiger partial charge >= 0.3 is 0 Å². The average Bonchev–Trinajstić information content (AvgIpc) is 2.56. The molecule has 110 valence electrons. The van der Waals surface area contributed by atoms with Crippen molar-refractivity contribution >= 4 is 0 Å². The lowest BCUT2D eigenvalue weighted by Gasteiger charge is -2.35. The highest BCUT2D eigenvalue weighted by molar-refractivity contribution is 5.33. The summed E-state index contributed by atoms with van der Waals surface area (Å²) in [6, 6.07) is 9.68. The van der Waals surface area contributed by atoms with Crippen LogP contribution in [-0.4, -0.2) is 44.2 Å². The normalized spacial score (nSPS) is 23.6. The number of nitrogens with zero attached hydrogens (tertiary/aromatic N) is 1. The van der Waals surface area contributed by atoms with Gasteiger partial charge in [0.15, 0.2) is 0 Å². The van der Waals surface area contributed by atoms with Gasteiger partial charge in [-0.25, -0.2) is 0 Å². The van der Waals surface area contributed by atoms with Crippen molar-refractivity contribution in [2.75, 3.05) is 39.3 Å². The Morgan fingerprint density at radius 3 is 2.40 bits per heavy atom. The zero-order valence-electron chi connectivity index (χ0n) is 12.6. The predicted octanol–water partition coefficient (Wildman–Crippen LogP) is 2.12. The van der Waals surface area contributed by atoms with Crippen molar-refractivity contribution < 1.29 is 0 Å². The fraction of sp³-hybridized carbons (Fsp3) is 0.647. The van der Waals surface area contributed by atoms with Gasteiger partial charge in [-0.1, -0.05) is 24.3 Å². The molecule has 0 spiro atoms. The van der Waals surface area contributed by atoms with E-state index in [2.05, 4.69) is 46.7 Å². The quantitative estimate of drug-likeness (QED) is 0.883. The molecule has 1 unspecified atom stereocenters. The first-order valence-corrected chi connectivity index (χ1v) is 8.10. The van der Waals surface area contributed by atoms with E-state index in [1.54, 1.807) is 11.1 Å². The summed E-state index contributed by atoms with van der Waals surface area (Å²) < 4.78 is 0.